The van der Waals surface area contributed by atoms with Gasteiger partial charge in [0, 0.05) is 12.5 Å². The monoisotopic (exact) mass is 272 g/mol. The summed E-state index contributed by atoms with van der Waals surface area (Å²) in [4.78, 5) is 0. The maximum Gasteiger partial charge on any atom is 0.119 e. The van der Waals surface area contributed by atoms with Gasteiger partial charge in [-0.05, 0) is 49.1 Å². The Labute approximate surface area is 118 Å². The molecule has 106 valence electrons. The largest absolute Gasteiger partial charge is 0.490 e. The van der Waals surface area contributed by atoms with Gasteiger partial charge in [0.2, 0.25) is 0 Å². The van der Waals surface area contributed by atoms with Crippen molar-refractivity contribution in [2.45, 2.75) is 37.8 Å². The van der Waals surface area contributed by atoms with E-state index >= 15 is 0 Å². The van der Waals surface area contributed by atoms with Crippen LogP contribution >= 0.6 is 0 Å². The van der Waals surface area contributed by atoms with Gasteiger partial charge in [0.1, 0.15) is 11.5 Å². The zero-order valence-corrected chi connectivity index (χ0v) is 11.4. The van der Waals surface area contributed by atoms with Crippen LogP contribution in [0.15, 0.2) is 47.1 Å². The molecule has 1 saturated carbocycles. The summed E-state index contributed by atoms with van der Waals surface area (Å²) in [5.74, 6) is 7.59. The van der Waals surface area contributed by atoms with Gasteiger partial charge in [0.15, 0.2) is 0 Å². The minimum Gasteiger partial charge on any atom is -0.490 e. The average molecular weight is 272 g/mol. The Balaban J connectivity index is 1.59. The molecule has 0 saturated heterocycles. The molecule has 1 heterocycles. The first-order valence-electron chi connectivity index (χ1n) is 7.10. The fourth-order valence-corrected chi connectivity index (χ4v) is 2.24. The highest BCUT2D eigenvalue weighted by Crippen LogP contribution is 2.28. The number of nitrogens with two attached hydrogens (primary N) is 1. The molecule has 2 aromatic rings. The second-order valence-electron chi connectivity index (χ2n) is 5.22. The summed E-state index contributed by atoms with van der Waals surface area (Å²) in [5.41, 5.74) is 4.04. The van der Waals surface area contributed by atoms with Crippen LogP contribution in [0, 0.1) is 0 Å². The summed E-state index contributed by atoms with van der Waals surface area (Å²) in [7, 11) is 0. The topological polar surface area (TPSA) is 60.4 Å². The zero-order chi connectivity index (χ0) is 13.8. The van der Waals surface area contributed by atoms with Crippen molar-refractivity contribution in [1.82, 2.24) is 5.43 Å². The highest BCUT2D eigenvalue weighted by atomic mass is 16.5. The van der Waals surface area contributed by atoms with Crippen LogP contribution in [-0.4, -0.2) is 6.10 Å². The molecule has 4 nitrogen and oxygen atoms in total. The van der Waals surface area contributed by atoms with Crippen LogP contribution in [0.4, 0.5) is 0 Å². The highest BCUT2D eigenvalue weighted by molar-refractivity contribution is 5.29. The van der Waals surface area contributed by atoms with Gasteiger partial charge >= 0.3 is 0 Å². The van der Waals surface area contributed by atoms with E-state index in [-0.39, 0.29) is 6.04 Å². The second-order valence-corrected chi connectivity index (χ2v) is 5.22. The van der Waals surface area contributed by atoms with Gasteiger partial charge in [0.25, 0.3) is 0 Å². The molecule has 4 heteroatoms. The summed E-state index contributed by atoms with van der Waals surface area (Å²) < 4.78 is 11.1. The van der Waals surface area contributed by atoms with Crippen molar-refractivity contribution in [3.05, 3.63) is 54.0 Å². The third-order valence-corrected chi connectivity index (χ3v) is 3.57. The summed E-state index contributed by atoms with van der Waals surface area (Å²) in [5, 5.41) is 0. The predicted octanol–water partition coefficient (Wildman–Crippen LogP) is 2.96. The third kappa shape index (κ3) is 3.40. The molecule has 0 bridgehead atoms. The molecule has 0 amide bonds. The molecule has 1 atom stereocenters. The van der Waals surface area contributed by atoms with E-state index in [9.17, 15) is 0 Å². The molecule has 3 N–H and O–H groups in total. The van der Waals surface area contributed by atoms with Crippen molar-refractivity contribution >= 4 is 0 Å². The number of rotatable bonds is 7. The minimum atomic E-state index is 0.120. The first-order chi connectivity index (χ1) is 9.85. The molecule has 3 rings (SSSR count). The maximum atomic E-state index is 5.75. The Morgan fingerprint density at radius 3 is 2.65 bits per heavy atom. The first kappa shape index (κ1) is 13.2. The van der Waals surface area contributed by atoms with Crippen molar-refractivity contribution in [2.24, 2.45) is 5.84 Å². The van der Waals surface area contributed by atoms with Gasteiger partial charge < -0.3 is 9.15 Å². The van der Waals surface area contributed by atoms with Gasteiger partial charge in [-0.25, -0.2) is 0 Å². The van der Waals surface area contributed by atoms with Crippen LogP contribution < -0.4 is 16.0 Å². The molecule has 1 aliphatic rings. The van der Waals surface area contributed by atoms with Crippen molar-refractivity contribution < 1.29 is 9.15 Å². The Bertz CT molecular complexity index is 518. The Hall–Kier alpha value is -1.78. The SMILES string of the molecule is NNC(CCc1ccco1)c1ccc(OC2CC2)cc1. The van der Waals surface area contributed by atoms with Crippen LogP contribution in [0.3, 0.4) is 0 Å². The van der Waals surface area contributed by atoms with Crippen LogP contribution in [0.5, 0.6) is 5.75 Å². The van der Waals surface area contributed by atoms with Gasteiger partial charge in [-0.1, -0.05) is 12.1 Å². The van der Waals surface area contributed by atoms with E-state index < -0.39 is 0 Å². The maximum absolute atomic E-state index is 5.75. The number of aryl methyl sites for hydroxylation is 1. The zero-order valence-electron chi connectivity index (χ0n) is 11.4. The lowest BCUT2D eigenvalue weighted by Crippen LogP contribution is -2.28. The molecule has 1 unspecified atom stereocenters. The quantitative estimate of drug-likeness (QED) is 0.601. The predicted molar refractivity (Wildman–Crippen MR) is 77.2 cm³/mol. The number of furan rings is 1. The molecule has 0 spiro atoms. The van der Waals surface area contributed by atoms with Gasteiger partial charge in [-0.3, -0.25) is 11.3 Å². The van der Waals surface area contributed by atoms with Crippen molar-refractivity contribution in [3.63, 3.8) is 0 Å². The van der Waals surface area contributed by atoms with Gasteiger partial charge in [-0.15, -0.1) is 0 Å². The standard InChI is InChI=1S/C16H20N2O2/c17-18-16(10-9-13-2-1-11-19-13)12-3-5-14(6-4-12)20-15-7-8-15/h1-6,11,15-16,18H,7-10,17H2. The highest BCUT2D eigenvalue weighted by Gasteiger charge is 2.23. The molecule has 1 aromatic carbocycles. The van der Waals surface area contributed by atoms with Crippen molar-refractivity contribution in [3.8, 4) is 5.75 Å². The molecular formula is C16H20N2O2. The lowest BCUT2D eigenvalue weighted by Gasteiger charge is -2.16. The number of benzene rings is 1. The smallest absolute Gasteiger partial charge is 0.119 e. The molecule has 1 aromatic heterocycles. The van der Waals surface area contributed by atoms with Crippen LogP contribution in [0.2, 0.25) is 0 Å². The van der Waals surface area contributed by atoms with Crippen LogP contribution in [0.25, 0.3) is 0 Å². The Kier molecular flexibility index (Phi) is 4.04. The Morgan fingerprint density at radius 2 is 2.05 bits per heavy atom. The number of ether oxygens (including phenoxy) is 1. The van der Waals surface area contributed by atoms with Crippen molar-refractivity contribution in [2.75, 3.05) is 0 Å². The van der Waals surface area contributed by atoms with Gasteiger partial charge in [-0.2, -0.15) is 0 Å². The third-order valence-electron chi connectivity index (χ3n) is 3.57. The fourth-order valence-electron chi connectivity index (χ4n) is 2.24. The first-order valence-corrected chi connectivity index (χ1v) is 7.10. The average Bonchev–Trinajstić information content (AvgIpc) is 3.14. The number of hydrogen-bond acceptors (Lipinski definition) is 4. The molecule has 1 fully saturated rings. The second kappa shape index (κ2) is 6.11. The summed E-state index contributed by atoms with van der Waals surface area (Å²) >= 11 is 0. The molecule has 0 radical (unpaired) electrons. The number of hydrogen-bond donors (Lipinski definition) is 2. The Morgan fingerprint density at radius 1 is 1.25 bits per heavy atom. The van der Waals surface area contributed by atoms with E-state index in [1.807, 2.05) is 24.3 Å². The molecule has 0 aliphatic heterocycles. The van der Waals surface area contributed by atoms with E-state index in [1.54, 1.807) is 6.26 Å². The van der Waals surface area contributed by atoms with Crippen LogP contribution in [-0.2, 0) is 6.42 Å². The lowest BCUT2D eigenvalue weighted by atomic mass is 10.0. The molecule has 20 heavy (non-hydrogen) atoms. The van der Waals surface area contributed by atoms with Crippen LogP contribution in [0.1, 0.15) is 36.6 Å². The molecular weight excluding hydrogens is 252 g/mol. The summed E-state index contributed by atoms with van der Waals surface area (Å²) in [6.07, 6.45) is 6.25. The van der Waals surface area contributed by atoms with E-state index in [0.29, 0.717) is 6.10 Å². The number of nitrogens with one attached hydrogen (secondary N) is 1. The van der Waals surface area contributed by atoms with E-state index in [4.69, 9.17) is 15.0 Å². The van der Waals surface area contributed by atoms with Gasteiger partial charge in [0.05, 0.1) is 12.4 Å². The van der Waals surface area contributed by atoms with E-state index in [1.165, 1.54) is 18.4 Å². The van der Waals surface area contributed by atoms with Crippen molar-refractivity contribution in [1.29, 1.82) is 0 Å². The lowest BCUT2D eigenvalue weighted by molar-refractivity contribution is 0.303. The summed E-state index contributed by atoms with van der Waals surface area (Å²) in [6.45, 7) is 0. The normalized spacial score (nSPS) is 16.1. The van der Waals surface area contributed by atoms with E-state index in [2.05, 4.69) is 17.6 Å². The molecule has 1 aliphatic carbocycles. The minimum absolute atomic E-state index is 0.120. The number of hydrazine groups is 1. The summed E-state index contributed by atoms with van der Waals surface area (Å²) in [6, 6.07) is 12.2. The fraction of sp³-hybridized carbons (Fsp3) is 0.375. The van der Waals surface area contributed by atoms with E-state index in [0.717, 1.165) is 24.4 Å².